The Hall–Kier alpha value is -4.93. The Balaban J connectivity index is 0.000000208. The fourth-order valence-corrected chi connectivity index (χ4v) is 6.71. The Labute approximate surface area is 332 Å². The van der Waals surface area contributed by atoms with E-state index in [0.717, 1.165) is 12.1 Å². The van der Waals surface area contributed by atoms with Gasteiger partial charge in [-0.1, -0.05) is 69.6 Å². The topological polar surface area (TPSA) is 213 Å². The van der Waals surface area contributed by atoms with Crippen molar-refractivity contribution in [3.8, 4) is 0 Å². The number of rotatable bonds is 8. The number of benzene rings is 4. The highest BCUT2D eigenvalue weighted by atomic mass is 35.5. The van der Waals surface area contributed by atoms with Gasteiger partial charge in [0.2, 0.25) is 10.9 Å². The lowest BCUT2D eigenvalue weighted by atomic mass is 10.1. The molecule has 1 unspecified atom stereocenters. The number of carbonyl (C=O) groups is 1. The minimum absolute atomic E-state index is 0.0200. The number of nitro groups is 2. The first-order valence-corrected chi connectivity index (χ1v) is 17.4. The van der Waals surface area contributed by atoms with Gasteiger partial charge in [0.15, 0.2) is 5.78 Å². The summed E-state index contributed by atoms with van der Waals surface area (Å²) in [4.78, 5) is 64.9. The van der Waals surface area contributed by atoms with Crippen molar-refractivity contribution in [1.29, 1.82) is 0 Å². The van der Waals surface area contributed by atoms with E-state index in [4.69, 9.17) is 69.6 Å². The zero-order chi connectivity index (χ0) is 39.8. The number of aliphatic hydroxyl groups excluding tert-OH is 1. The van der Waals surface area contributed by atoms with Crippen LogP contribution in [-0.4, -0.2) is 30.7 Å². The molecule has 0 saturated carbocycles. The van der Waals surface area contributed by atoms with Crippen LogP contribution in [0.3, 0.4) is 0 Å². The molecule has 0 aliphatic rings. The maximum Gasteiger partial charge on any atom is 0.282 e. The van der Waals surface area contributed by atoms with Crippen LogP contribution in [0.4, 0.5) is 34.4 Å². The number of aromatic nitrogens is 2. The summed E-state index contributed by atoms with van der Waals surface area (Å²) < 4.78 is 0. The molecule has 1 atom stereocenters. The fraction of sp³-hybridized carbons (Fsp3) is 0.0882. The Morgan fingerprint density at radius 3 is 1.52 bits per heavy atom. The highest BCUT2D eigenvalue weighted by Gasteiger charge is 2.26. The average molecular weight is 855 g/mol. The SMILES string of the molecule is CC(=O)c1c(Nc2ccc(Cl)cc2Cl)[nH]c2c(Cl)ccc([N+](=O)[O-])c2c1=O.CC(O)c1c(Nc2ccc(Cl)cc2Cl)[nH]c2c(Cl)ccc([N+](=O)[O-])c2c1=O. The van der Waals surface area contributed by atoms with Crippen LogP contribution in [0.1, 0.15) is 35.9 Å². The van der Waals surface area contributed by atoms with Crippen LogP contribution in [0, 0.1) is 20.2 Å². The van der Waals surface area contributed by atoms with Gasteiger partial charge in [-0.2, -0.15) is 0 Å². The van der Waals surface area contributed by atoms with E-state index in [0.29, 0.717) is 21.4 Å². The number of aliphatic hydroxyl groups is 1. The number of non-ortho nitro benzene ring substituents is 2. The van der Waals surface area contributed by atoms with Crippen LogP contribution in [0.25, 0.3) is 21.8 Å². The molecule has 20 heteroatoms. The van der Waals surface area contributed by atoms with E-state index >= 15 is 0 Å². The summed E-state index contributed by atoms with van der Waals surface area (Å²) in [6.07, 6.45) is -1.22. The molecular formula is C34H22Cl6N6O8. The Morgan fingerprint density at radius 1 is 0.685 bits per heavy atom. The molecule has 0 radical (unpaired) electrons. The van der Waals surface area contributed by atoms with Crippen molar-refractivity contribution in [2.45, 2.75) is 20.0 Å². The van der Waals surface area contributed by atoms with Gasteiger partial charge in [-0.15, -0.1) is 0 Å². The van der Waals surface area contributed by atoms with E-state index < -0.39 is 44.0 Å². The monoisotopic (exact) mass is 852 g/mol. The maximum atomic E-state index is 13.0. The first-order chi connectivity index (χ1) is 25.4. The van der Waals surface area contributed by atoms with Gasteiger partial charge < -0.3 is 25.7 Å². The van der Waals surface area contributed by atoms with E-state index in [2.05, 4.69) is 20.6 Å². The third-order valence-electron chi connectivity index (χ3n) is 7.75. The number of pyridine rings is 2. The normalized spacial score (nSPS) is 11.5. The standard InChI is InChI=1S/C17H12Cl3N3O4.C17H10Cl3N3O4/c2*1-7(24)13-16(25)14-12(23(26)27)5-3-9(19)15(14)22-17(13)21-11-4-2-8(18)6-10(11)20/h2-7,24H,1H3,(H2,21,22,25);2-6H,1H3,(H2,21,22,25). The Bertz CT molecular complexity index is 2670. The van der Waals surface area contributed by atoms with Gasteiger partial charge in [-0.05, 0) is 62.4 Å². The molecule has 14 nitrogen and oxygen atoms in total. The Morgan fingerprint density at radius 2 is 1.11 bits per heavy atom. The van der Waals surface area contributed by atoms with E-state index in [-0.39, 0.29) is 64.7 Å². The molecule has 0 bridgehead atoms. The predicted octanol–water partition coefficient (Wildman–Crippen LogP) is 10.5. The van der Waals surface area contributed by atoms with E-state index in [1.807, 2.05) is 0 Å². The van der Waals surface area contributed by atoms with E-state index in [1.165, 1.54) is 38.1 Å². The fourth-order valence-electron chi connectivity index (χ4n) is 5.39. The Kier molecular flexibility index (Phi) is 12.1. The van der Waals surface area contributed by atoms with Crippen LogP contribution in [0.2, 0.25) is 30.1 Å². The van der Waals surface area contributed by atoms with Crippen LogP contribution < -0.4 is 21.5 Å². The molecule has 0 aliphatic heterocycles. The second kappa shape index (κ2) is 16.2. The number of nitrogens with one attached hydrogen (secondary N) is 4. The number of Topliss-reactive ketones (excluding diaryl/α,β-unsaturated/α-hetero) is 1. The summed E-state index contributed by atoms with van der Waals surface area (Å²) in [7, 11) is 0. The summed E-state index contributed by atoms with van der Waals surface area (Å²) in [5, 5.41) is 39.6. The lowest BCUT2D eigenvalue weighted by molar-refractivity contribution is -0.383. The number of ketones is 1. The van der Waals surface area contributed by atoms with Gasteiger partial charge in [-0.3, -0.25) is 34.6 Å². The number of anilines is 4. The van der Waals surface area contributed by atoms with Gasteiger partial charge >= 0.3 is 0 Å². The number of halogens is 6. The molecule has 0 saturated heterocycles. The third-order valence-corrected chi connectivity index (χ3v) is 9.48. The van der Waals surface area contributed by atoms with Crippen molar-refractivity contribution >= 4 is 132 Å². The van der Waals surface area contributed by atoms with Gasteiger partial charge in [0.05, 0.1) is 64.0 Å². The molecular weight excluding hydrogens is 833 g/mol. The summed E-state index contributed by atoms with van der Waals surface area (Å²) >= 11 is 36.3. The van der Waals surface area contributed by atoms with Crippen LogP contribution in [0.5, 0.6) is 0 Å². The maximum absolute atomic E-state index is 13.0. The summed E-state index contributed by atoms with van der Waals surface area (Å²) in [6, 6.07) is 14.2. The average Bonchev–Trinajstić information content (AvgIpc) is 3.08. The molecule has 2 aromatic heterocycles. The largest absolute Gasteiger partial charge is 0.388 e. The second-order valence-electron chi connectivity index (χ2n) is 11.3. The number of hydrogen-bond acceptors (Lipinski definition) is 10. The molecule has 54 heavy (non-hydrogen) atoms. The quantitative estimate of drug-likeness (QED) is 0.0555. The number of aromatic amines is 2. The summed E-state index contributed by atoms with van der Waals surface area (Å²) in [5.41, 5.74) is -1.83. The number of H-pyrrole nitrogens is 2. The smallest absolute Gasteiger partial charge is 0.282 e. The first-order valence-electron chi connectivity index (χ1n) is 15.1. The molecule has 2 heterocycles. The lowest BCUT2D eigenvalue weighted by Gasteiger charge is -2.16. The highest BCUT2D eigenvalue weighted by Crippen LogP contribution is 2.36. The zero-order valence-corrected chi connectivity index (χ0v) is 31.9. The van der Waals surface area contributed by atoms with Crippen molar-refractivity contribution in [2.75, 3.05) is 10.6 Å². The minimum Gasteiger partial charge on any atom is -0.388 e. The number of hydrogen-bond donors (Lipinski definition) is 5. The van der Waals surface area contributed by atoms with Crippen LogP contribution in [0.15, 0.2) is 70.3 Å². The van der Waals surface area contributed by atoms with E-state index in [9.17, 15) is 39.7 Å². The number of nitro benzene ring substituents is 2. The van der Waals surface area contributed by atoms with Crippen molar-refractivity contribution in [1.82, 2.24) is 9.97 Å². The van der Waals surface area contributed by atoms with Gasteiger partial charge in [0, 0.05) is 22.2 Å². The van der Waals surface area contributed by atoms with Gasteiger partial charge in [0.1, 0.15) is 28.0 Å². The summed E-state index contributed by atoms with van der Waals surface area (Å²) in [5.74, 6) is -0.444. The predicted molar refractivity (Wildman–Crippen MR) is 213 cm³/mol. The van der Waals surface area contributed by atoms with Crippen molar-refractivity contribution in [3.05, 3.63) is 143 Å². The van der Waals surface area contributed by atoms with Crippen LogP contribution in [-0.2, 0) is 0 Å². The first kappa shape index (κ1) is 40.3. The molecule has 5 N–H and O–H groups in total. The summed E-state index contributed by atoms with van der Waals surface area (Å²) in [6.45, 7) is 2.56. The number of nitrogens with zero attached hydrogens (tertiary/aromatic N) is 2. The molecule has 0 aliphatic carbocycles. The highest BCUT2D eigenvalue weighted by molar-refractivity contribution is 6.38. The third kappa shape index (κ3) is 8.10. The molecule has 6 rings (SSSR count). The minimum atomic E-state index is -1.22. The van der Waals surface area contributed by atoms with Gasteiger partial charge in [-0.25, -0.2) is 0 Å². The van der Waals surface area contributed by atoms with Crippen molar-refractivity contribution < 1.29 is 19.7 Å². The van der Waals surface area contributed by atoms with E-state index in [1.54, 1.807) is 24.3 Å². The molecule has 0 fully saturated rings. The molecule has 0 amide bonds. The molecule has 6 aromatic rings. The van der Waals surface area contributed by atoms with Crippen molar-refractivity contribution in [3.63, 3.8) is 0 Å². The lowest BCUT2D eigenvalue weighted by Crippen LogP contribution is -2.19. The number of fused-ring (bicyclic) bond motifs is 2. The molecule has 0 spiro atoms. The second-order valence-corrected chi connectivity index (χ2v) is 13.8. The molecule has 278 valence electrons. The number of carbonyl (C=O) groups excluding carboxylic acids is 1. The molecule has 4 aromatic carbocycles. The van der Waals surface area contributed by atoms with Crippen molar-refractivity contribution in [2.24, 2.45) is 0 Å². The van der Waals surface area contributed by atoms with Gasteiger partial charge in [0.25, 0.3) is 11.4 Å². The zero-order valence-electron chi connectivity index (χ0n) is 27.3. The van der Waals surface area contributed by atoms with Crippen LogP contribution >= 0.6 is 69.6 Å².